The van der Waals surface area contributed by atoms with Gasteiger partial charge in [0.25, 0.3) is 0 Å². The number of rotatable bonds is 5. The van der Waals surface area contributed by atoms with Crippen LogP contribution in [0, 0.1) is 0 Å². The molecular formula is C16H21N5. The number of aromatic nitrogens is 2. The molecule has 0 amide bonds. The molecule has 1 aliphatic heterocycles. The molecule has 1 atom stereocenters. The highest BCUT2D eigenvalue weighted by Gasteiger charge is 2.21. The molecule has 0 spiro atoms. The van der Waals surface area contributed by atoms with E-state index in [1.807, 2.05) is 31.4 Å². The van der Waals surface area contributed by atoms with Crippen LogP contribution in [-0.2, 0) is 6.54 Å². The molecule has 0 radical (unpaired) electrons. The van der Waals surface area contributed by atoms with Crippen molar-refractivity contribution in [1.82, 2.24) is 15.5 Å². The van der Waals surface area contributed by atoms with Crippen molar-refractivity contribution in [3.8, 4) is 0 Å². The van der Waals surface area contributed by atoms with Crippen LogP contribution in [0.25, 0.3) is 0 Å². The van der Waals surface area contributed by atoms with Crippen LogP contribution in [0.4, 0.5) is 11.5 Å². The lowest BCUT2D eigenvalue weighted by Crippen LogP contribution is -2.29. The summed E-state index contributed by atoms with van der Waals surface area (Å²) >= 11 is 0. The monoisotopic (exact) mass is 283 g/mol. The first kappa shape index (κ1) is 13.8. The Bertz CT molecular complexity index is 572. The van der Waals surface area contributed by atoms with E-state index >= 15 is 0 Å². The van der Waals surface area contributed by atoms with Crippen LogP contribution < -0.4 is 15.5 Å². The van der Waals surface area contributed by atoms with E-state index in [-0.39, 0.29) is 0 Å². The van der Waals surface area contributed by atoms with Gasteiger partial charge in [-0.1, -0.05) is 30.3 Å². The Labute approximate surface area is 125 Å². The second-order valence-corrected chi connectivity index (χ2v) is 5.36. The minimum Gasteiger partial charge on any atom is -0.369 e. The van der Waals surface area contributed by atoms with E-state index in [1.165, 1.54) is 12.0 Å². The molecule has 21 heavy (non-hydrogen) atoms. The third-order valence-corrected chi connectivity index (χ3v) is 3.92. The van der Waals surface area contributed by atoms with Gasteiger partial charge < -0.3 is 15.5 Å². The van der Waals surface area contributed by atoms with Crippen LogP contribution in [-0.4, -0.2) is 36.4 Å². The zero-order valence-corrected chi connectivity index (χ0v) is 12.3. The van der Waals surface area contributed by atoms with Gasteiger partial charge in [0.2, 0.25) is 0 Å². The number of anilines is 2. The molecule has 0 unspecified atom stereocenters. The van der Waals surface area contributed by atoms with Gasteiger partial charge in [0, 0.05) is 31.7 Å². The molecule has 0 saturated carbocycles. The van der Waals surface area contributed by atoms with Crippen LogP contribution in [0.15, 0.2) is 42.6 Å². The zero-order chi connectivity index (χ0) is 14.5. The smallest absolute Gasteiger partial charge is 0.150 e. The quantitative estimate of drug-likeness (QED) is 0.877. The standard InChI is InChI=1S/C16H21N5/c1-17-14-7-8-21(12-14)15-9-16(20-19-11-15)18-10-13-5-3-2-4-6-13/h2-6,9,11,14,17H,7-8,10,12H2,1H3,(H,18,20)/t14-/m1/s1. The normalized spacial score (nSPS) is 18.0. The summed E-state index contributed by atoms with van der Waals surface area (Å²) in [6, 6.07) is 13.0. The third kappa shape index (κ3) is 3.49. The molecule has 1 saturated heterocycles. The summed E-state index contributed by atoms with van der Waals surface area (Å²) in [4.78, 5) is 2.35. The fraction of sp³-hybridized carbons (Fsp3) is 0.375. The van der Waals surface area contributed by atoms with Crippen LogP contribution >= 0.6 is 0 Å². The summed E-state index contributed by atoms with van der Waals surface area (Å²) in [5.74, 6) is 0.823. The number of hydrogen-bond donors (Lipinski definition) is 2. The van der Waals surface area contributed by atoms with Gasteiger partial charge in [-0.15, -0.1) is 5.10 Å². The molecule has 2 N–H and O–H groups in total. The summed E-state index contributed by atoms with van der Waals surface area (Å²) in [7, 11) is 2.02. The van der Waals surface area contributed by atoms with E-state index < -0.39 is 0 Å². The predicted octanol–water partition coefficient (Wildman–Crippen LogP) is 1.89. The molecule has 1 aliphatic rings. The van der Waals surface area contributed by atoms with Gasteiger partial charge in [-0.3, -0.25) is 0 Å². The molecule has 5 nitrogen and oxygen atoms in total. The molecule has 2 aromatic rings. The van der Waals surface area contributed by atoms with E-state index in [4.69, 9.17) is 0 Å². The van der Waals surface area contributed by atoms with Gasteiger partial charge in [0.1, 0.15) is 0 Å². The van der Waals surface area contributed by atoms with Crippen LogP contribution in [0.1, 0.15) is 12.0 Å². The Morgan fingerprint density at radius 2 is 2.14 bits per heavy atom. The van der Waals surface area contributed by atoms with Crippen LogP contribution in [0.2, 0.25) is 0 Å². The maximum absolute atomic E-state index is 4.16. The highest BCUT2D eigenvalue weighted by molar-refractivity contribution is 5.53. The first-order chi connectivity index (χ1) is 10.3. The Morgan fingerprint density at radius 3 is 2.90 bits per heavy atom. The molecule has 0 bridgehead atoms. The van der Waals surface area contributed by atoms with E-state index in [1.54, 1.807) is 0 Å². The molecule has 5 heteroatoms. The van der Waals surface area contributed by atoms with Crippen LogP contribution in [0.5, 0.6) is 0 Å². The fourth-order valence-corrected chi connectivity index (χ4v) is 2.63. The second kappa shape index (κ2) is 6.54. The van der Waals surface area contributed by atoms with Gasteiger partial charge in [-0.05, 0) is 19.0 Å². The van der Waals surface area contributed by atoms with Crippen molar-refractivity contribution in [2.75, 3.05) is 30.4 Å². The van der Waals surface area contributed by atoms with E-state index in [2.05, 4.69) is 43.9 Å². The Balaban J connectivity index is 1.63. The average molecular weight is 283 g/mol. The maximum Gasteiger partial charge on any atom is 0.150 e. The second-order valence-electron chi connectivity index (χ2n) is 5.36. The molecule has 1 aromatic heterocycles. The largest absolute Gasteiger partial charge is 0.369 e. The number of benzene rings is 1. The highest BCUT2D eigenvalue weighted by Crippen LogP contribution is 2.21. The molecule has 3 rings (SSSR count). The third-order valence-electron chi connectivity index (χ3n) is 3.92. The first-order valence-electron chi connectivity index (χ1n) is 7.38. The molecule has 0 aliphatic carbocycles. The topological polar surface area (TPSA) is 53.1 Å². The van der Waals surface area contributed by atoms with Crippen molar-refractivity contribution in [1.29, 1.82) is 0 Å². The van der Waals surface area contributed by atoms with Crippen molar-refractivity contribution in [3.63, 3.8) is 0 Å². The predicted molar refractivity (Wildman–Crippen MR) is 85.5 cm³/mol. The summed E-state index contributed by atoms with van der Waals surface area (Å²) in [6.45, 7) is 2.85. The summed E-state index contributed by atoms with van der Waals surface area (Å²) < 4.78 is 0. The number of nitrogens with one attached hydrogen (secondary N) is 2. The summed E-state index contributed by atoms with van der Waals surface area (Å²) in [5, 5.41) is 14.9. The fourth-order valence-electron chi connectivity index (χ4n) is 2.63. The number of nitrogens with zero attached hydrogens (tertiary/aromatic N) is 3. The van der Waals surface area contributed by atoms with Gasteiger partial charge in [0.15, 0.2) is 5.82 Å². The Morgan fingerprint density at radius 1 is 1.29 bits per heavy atom. The lowest BCUT2D eigenvalue weighted by Gasteiger charge is -2.18. The maximum atomic E-state index is 4.16. The van der Waals surface area contributed by atoms with E-state index in [0.29, 0.717) is 6.04 Å². The van der Waals surface area contributed by atoms with E-state index in [0.717, 1.165) is 31.1 Å². The average Bonchev–Trinajstić information content (AvgIpc) is 3.03. The zero-order valence-electron chi connectivity index (χ0n) is 12.3. The van der Waals surface area contributed by atoms with Crippen molar-refractivity contribution >= 4 is 11.5 Å². The molecule has 110 valence electrons. The molecule has 1 aromatic carbocycles. The summed E-state index contributed by atoms with van der Waals surface area (Å²) in [6.07, 6.45) is 3.01. The lowest BCUT2D eigenvalue weighted by molar-refractivity contribution is 0.617. The van der Waals surface area contributed by atoms with Gasteiger partial charge in [-0.25, -0.2) is 0 Å². The Kier molecular flexibility index (Phi) is 4.31. The highest BCUT2D eigenvalue weighted by atomic mass is 15.2. The number of likely N-dealkylation sites (N-methyl/N-ethyl adjacent to an activating group) is 1. The summed E-state index contributed by atoms with van der Waals surface area (Å²) in [5.41, 5.74) is 2.37. The van der Waals surface area contributed by atoms with E-state index in [9.17, 15) is 0 Å². The minimum atomic E-state index is 0.568. The molecule has 2 heterocycles. The van der Waals surface area contributed by atoms with Crippen LogP contribution in [0.3, 0.4) is 0 Å². The van der Waals surface area contributed by atoms with Crippen molar-refractivity contribution in [2.24, 2.45) is 0 Å². The van der Waals surface area contributed by atoms with Gasteiger partial charge >= 0.3 is 0 Å². The Hall–Kier alpha value is -2.14. The molecule has 1 fully saturated rings. The van der Waals surface area contributed by atoms with Gasteiger partial charge in [0.05, 0.1) is 11.9 Å². The van der Waals surface area contributed by atoms with Crippen molar-refractivity contribution in [2.45, 2.75) is 19.0 Å². The SMILES string of the molecule is CN[C@@H]1CCN(c2cnnc(NCc3ccccc3)c2)C1. The number of hydrogen-bond acceptors (Lipinski definition) is 5. The van der Waals surface area contributed by atoms with Crippen molar-refractivity contribution < 1.29 is 0 Å². The lowest BCUT2D eigenvalue weighted by atomic mass is 10.2. The first-order valence-corrected chi connectivity index (χ1v) is 7.38. The van der Waals surface area contributed by atoms with Crippen molar-refractivity contribution in [3.05, 3.63) is 48.2 Å². The minimum absolute atomic E-state index is 0.568. The van der Waals surface area contributed by atoms with Gasteiger partial charge in [-0.2, -0.15) is 5.10 Å². The molecular weight excluding hydrogens is 262 g/mol.